The van der Waals surface area contributed by atoms with E-state index in [1.807, 2.05) is 13.0 Å². The monoisotopic (exact) mass is 324 g/mol. The highest BCUT2D eigenvalue weighted by atomic mass is 35.5. The maximum Gasteiger partial charge on any atom is 0.243 e. The number of hydrogen-bond acceptors (Lipinski definition) is 4. The van der Waals surface area contributed by atoms with E-state index in [-0.39, 0.29) is 24.9 Å². The van der Waals surface area contributed by atoms with Crippen molar-refractivity contribution in [2.75, 3.05) is 24.8 Å². The summed E-state index contributed by atoms with van der Waals surface area (Å²) in [5.41, 5.74) is 6.35. The number of thioether (sulfide) groups is 1. The van der Waals surface area contributed by atoms with Crippen LogP contribution >= 0.6 is 35.8 Å². The van der Waals surface area contributed by atoms with E-state index < -0.39 is 6.04 Å². The average Bonchev–Trinajstić information content (AvgIpc) is 2.33. The highest BCUT2D eigenvalue weighted by Crippen LogP contribution is 2.29. The number of hydrogen-bond donors (Lipinski definition) is 2. The summed E-state index contributed by atoms with van der Waals surface area (Å²) < 4.78 is 4.85. The van der Waals surface area contributed by atoms with Gasteiger partial charge in [0.15, 0.2) is 0 Å². The lowest BCUT2D eigenvalue weighted by molar-refractivity contribution is -0.118. The van der Waals surface area contributed by atoms with Crippen LogP contribution in [0.3, 0.4) is 0 Å². The van der Waals surface area contributed by atoms with Crippen LogP contribution in [0.4, 0.5) is 5.69 Å². The van der Waals surface area contributed by atoms with E-state index >= 15 is 0 Å². The first-order valence-corrected chi connectivity index (χ1v) is 6.92. The topological polar surface area (TPSA) is 64.4 Å². The van der Waals surface area contributed by atoms with Crippen molar-refractivity contribution in [3.8, 4) is 0 Å². The third kappa shape index (κ3) is 6.01. The maximum atomic E-state index is 11.8. The Labute approximate surface area is 128 Å². The first kappa shape index (κ1) is 18.5. The van der Waals surface area contributed by atoms with Gasteiger partial charge < -0.3 is 15.8 Å². The molecule has 19 heavy (non-hydrogen) atoms. The van der Waals surface area contributed by atoms with Gasteiger partial charge in [-0.3, -0.25) is 4.79 Å². The van der Waals surface area contributed by atoms with E-state index in [1.165, 1.54) is 7.11 Å². The average molecular weight is 325 g/mol. The molecule has 1 aromatic carbocycles. The van der Waals surface area contributed by atoms with Crippen molar-refractivity contribution >= 4 is 47.4 Å². The second-order valence-electron chi connectivity index (χ2n) is 3.62. The highest BCUT2D eigenvalue weighted by molar-refractivity contribution is 7.99. The van der Waals surface area contributed by atoms with Crippen LogP contribution in [0.1, 0.15) is 6.92 Å². The number of halogens is 2. The Bertz CT molecular complexity index is 419. The minimum Gasteiger partial charge on any atom is -0.383 e. The van der Waals surface area contributed by atoms with Gasteiger partial charge >= 0.3 is 0 Å². The summed E-state index contributed by atoms with van der Waals surface area (Å²) in [4.78, 5) is 12.8. The lowest BCUT2D eigenvalue weighted by Gasteiger charge is -2.14. The minimum absolute atomic E-state index is 0. The Morgan fingerprint density at radius 2 is 2.26 bits per heavy atom. The van der Waals surface area contributed by atoms with Crippen molar-refractivity contribution in [1.82, 2.24) is 0 Å². The lowest BCUT2D eigenvalue weighted by Crippen LogP contribution is -2.39. The fourth-order valence-corrected chi connectivity index (χ4v) is 2.27. The molecule has 0 heterocycles. The molecule has 0 spiro atoms. The van der Waals surface area contributed by atoms with Crippen LogP contribution in [0.25, 0.3) is 0 Å². The van der Waals surface area contributed by atoms with E-state index in [1.54, 1.807) is 23.9 Å². The summed E-state index contributed by atoms with van der Waals surface area (Å²) in [5.74, 6) is 0.631. The normalized spacial score (nSPS) is 11.6. The fraction of sp³-hybridized carbons (Fsp3) is 0.417. The van der Waals surface area contributed by atoms with Crippen LogP contribution < -0.4 is 11.1 Å². The molecule has 0 aliphatic heterocycles. The van der Waals surface area contributed by atoms with Crippen LogP contribution in [0.15, 0.2) is 23.1 Å². The summed E-state index contributed by atoms with van der Waals surface area (Å²) in [6, 6.07) is 4.71. The molecule has 0 saturated heterocycles. The minimum atomic E-state index is -0.687. The Kier molecular flexibility index (Phi) is 9.22. The number of nitrogens with one attached hydrogen (secondary N) is 1. The summed E-state index contributed by atoms with van der Waals surface area (Å²) in [6.45, 7) is 2.23. The number of anilines is 1. The predicted molar refractivity (Wildman–Crippen MR) is 83.6 cm³/mol. The molecular weight excluding hydrogens is 307 g/mol. The molecule has 3 N–H and O–H groups in total. The zero-order valence-corrected chi connectivity index (χ0v) is 13.2. The summed E-state index contributed by atoms with van der Waals surface area (Å²) in [7, 11) is 1.50. The molecule has 0 radical (unpaired) electrons. The Balaban J connectivity index is 0.00000324. The number of ether oxygens (including phenoxy) is 1. The molecule has 1 atom stereocenters. The number of nitrogens with two attached hydrogens (primary N) is 1. The van der Waals surface area contributed by atoms with Gasteiger partial charge in [-0.25, -0.2) is 0 Å². The van der Waals surface area contributed by atoms with Gasteiger partial charge in [-0.05, 0) is 24.0 Å². The van der Waals surface area contributed by atoms with Crippen molar-refractivity contribution in [3.63, 3.8) is 0 Å². The molecule has 1 rings (SSSR count). The van der Waals surface area contributed by atoms with Gasteiger partial charge in [0, 0.05) is 17.0 Å². The molecule has 1 aromatic rings. The van der Waals surface area contributed by atoms with Crippen molar-refractivity contribution in [1.29, 1.82) is 0 Å². The van der Waals surface area contributed by atoms with Gasteiger partial charge in [0.25, 0.3) is 0 Å². The number of benzene rings is 1. The first-order valence-electron chi connectivity index (χ1n) is 5.56. The number of rotatable bonds is 6. The van der Waals surface area contributed by atoms with Crippen LogP contribution in [0, 0.1) is 0 Å². The zero-order valence-electron chi connectivity index (χ0n) is 10.8. The first-order chi connectivity index (χ1) is 8.58. The molecule has 108 valence electrons. The molecule has 0 bridgehead atoms. The molecule has 0 saturated carbocycles. The van der Waals surface area contributed by atoms with Crippen molar-refractivity contribution in [3.05, 3.63) is 23.2 Å². The van der Waals surface area contributed by atoms with E-state index in [4.69, 9.17) is 22.1 Å². The smallest absolute Gasteiger partial charge is 0.243 e. The second kappa shape index (κ2) is 9.44. The molecule has 0 aliphatic carbocycles. The summed E-state index contributed by atoms with van der Waals surface area (Å²) in [6.07, 6.45) is 0. The number of methoxy groups -OCH3 is 1. The van der Waals surface area contributed by atoms with Gasteiger partial charge in [-0.1, -0.05) is 18.5 Å². The third-order valence-corrected chi connectivity index (χ3v) is 3.37. The molecular formula is C12H18Cl2N2O2S. The fourth-order valence-electron chi connectivity index (χ4n) is 1.36. The molecule has 0 aliphatic rings. The quantitative estimate of drug-likeness (QED) is 0.790. The van der Waals surface area contributed by atoms with Gasteiger partial charge in [0.05, 0.1) is 12.3 Å². The molecule has 7 heteroatoms. The van der Waals surface area contributed by atoms with Gasteiger partial charge in [-0.2, -0.15) is 0 Å². The van der Waals surface area contributed by atoms with Crippen molar-refractivity contribution in [2.45, 2.75) is 17.9 Å². The Morgan fingerprint density at radius 3 is 2.84 bits per heavy atom. The van der Waals surface area contributed by atoms with E-state index in [0.29, 0.717) is 10.7 Å². The molecule has 0 aromatic heterocycles. The Hall–Kier alpha value is -0.460. The molecule has 0 fully saturated rings. The summed E-state index contributed by atoms with van der Waals surface area (Å²) >= 11 is 7.56. The SMILES string of the molecule is CCSc1ccc(Cl)cc1NC(=O)C(N)COC.Cl. The Morgan fingerprint density at radius 1 is 1.58 bits per heavy atom. The van der Waals surface area contributed by atoms with E-state index in [9.17, 15) is 4.79 Å². The largest absolute Gasteiger partial charge is 0.383 e. The zero-order chi connectivity index (χ0) is 13.5. The van der Waals surface area contributed by atoms with E-state index in [2.05, 4.69) is 5.32 Å². The number of carbonyl (C=O) groups excluding carboxylic acids is 1. The lowest BCUT2D eigenvalue weighted by atomic mass is 10.2. The maximum absolute atomic E-state index is 11.8. The standard InChI is InChI=1S/C12H17ClN2O2S.ClH/c1-3-18-11-5-4-8(13)6-10(11)15-12(16)9(14)7-17-2;/h4-6,9H,3,7,14H2,1-2H3,(H,15,16);1H. The van der Waals surface area contributed by atoms with Gasteiger partial charge in [0.1, 0.15) is 6.04 Å². The third-order valence-electron chi connectivity index (χ3n) is 2.18. The molecule has 1 unspecified atom stereocenters. The van der Waals surface area contributed by atoms with Gasteiger partial charge in [-0.15, -0.1) is 24.2 Å². The van der Waals surface area contributed by atoms with Crippen molar-refractivity contribution in [2.24, 2.45) is 5.73 Å². The predicted octanol–water partition coefficient (Wildman–Crippen LogP) is 2.79. The van der Waals surface area contributed by atoms with Gasteiger partial charge in [0.2, 0.25) is 5.91 Å². The highest BCUT2D eigenvalue weighted by Gasteiger charge is 2.15. The molecule has 4 nitrogen and oxygen atoms in total. The van der Waals surface area contributed by atoms with E-state index in [0.717, 1.165) is 10.6 Å². The van der Waals surface area contributed by atoms with Crippen molar-refractivity contribution < 1.29 is 9.53 Å². The van der Waals surface area contributed by atoms with Crippen LogP contribution in [-0.2, 0) is 9.53 Å². The van der Waals surface area contributed by atoms with Crippen LogP contribution in [-0.4, -0.2) is 31.4 Å². The number of amides is 1. The summed E-state index contributed by atoms with van der Waals surface area (Å²) in [5, 5.41) is 3.35. The van der Waals surface area contributed by atoms with Crippen LogP contribution in [0.2, 0.25) is 5.02 Å². The number of carbonyl (C=O) groups is 1. The van der Waals surface area contributed by atoms with Crippen LogP contribution in [0.5, 0.6) is 0 Å². The second-order valence-corrected chi connectivity index (χ2v) is 5.37. The molecule has 1 amide bonds.